The van der Waals surface area contributed by atoms with Gasteiger partial charge in [0.1, 0.15) is 13.2 Å². The van der Waals surface area contributed by atoms with Crippen LogP contribution >= 0.6 is 0 Å². The zero-order chi connectivity index (χ0) is 14.7. The molecule has 108 valence electrons. The third kappa shape index (κ3) is 3.01. The molecule has 0 saturated carbocycles. The Kier molecular flexibility index (Phi) is 4.12. The van der Waals surface area contributed by atoms with Crippen LogP contribution in [0, 0.1) is 5.92 Å². The lowest BCUT2D eigenvalue weighted by molar-refractivity contribution is -0.141. The van der Waals surface area contributed by atoms with E-state index in [0.717, 1.165) is 0 Å². The lowest BCUT2D eigenvalue weighted by Gasteiger charge is -2.22. The van der Waals surface area contributed by atoms with Crippen LogP contribution in [0.4, 0.5) is 0 Å². The second-order valence-electron chi connectivity index (χ2n) is 4.78. The molecule has 1 atom stereocenters. The molecule has 1 unspecified atom stereocenters. The molecular formula is C14H17NO5. The normalized spacial score (nSPS) is 14.5. The highest BCUT2D eigenvalue weighted by Crippen LogP contribution is 2.31. The van der Waals surface area contributed by atoms with E-state index in [1.807, 2.05) is 0 Å². The molecule has 0 bridgehead atoms. The van der Waals surface area contributed by atoms with Crippen LogP contribution in [0.5, 0.6) is 11.5 Å². The number of amides is 1. The van der Waals surface area contributed by atoms with E-state index in [0.29, 0.717) is 30.3 Å². The number of carboxylic acids is 1. The van der Waals surface area contributed by atoms with Crippen molar-refractivity contribution in [2.45, 2.75) is 6.92 Å². The smallest absolute Gasteiger partial charge is 0.308 e. The lowest BCUT2D eigenvalue weighted by atomic mass is 10.1. The Morgan fingerprint density at radius 3 is 2.60 bits per heavy atom. The van der Waals surface area contributed by atoms with Gasteiger partial charge in [-0.05, 0) is 18.2 Å². The molecule has 1 aromatic rings. The van der Waals surface area contributed by atoms with E-state index in [1.165, 1.54) is 4.90 Å². The zero-order valence-electron chi connectivity index (χ0n) is 11.5. The first-order chi connectivity index (χ1) is 9.49. The Morgan fingerprint density at radius 2 is 1.95 bits per heavy atom. The maximum Gasteiger partial charge on any atom is 0.308 e. The molecule has 20 heavy (non-hydrogen) atoms. The lowest BCUT2D eigenvalue weighted by Crippen LogP contribution is -2.33. The summed E-state index contributed by atoms with van der Waals surface area (Å²) in [6.45, 7) is 2.67. The van der Waals surface area contributed by atoms with Crippen LogP contribution in [0.2, 0.25) is 0 Å². The zero-order valence-corrected chi connectivity index (χ0v) is 11.5. The second-order valence-corrected chi connectivity index (χ2v) is 4.78. The van der Waals surface area contributed by atoms with E-state index in [4.69, 9.17) is 14.6 Å². The van der Waals surface area contributed by atoms with Crippen LogP contribution in [0.1, 0.15) is 17.3 Å². The van der Waals surface area contributed by atoms with E-state index < -0.39 is 11.9 Å². The predicted octanol–water partition coefficient (Wildman–Crippen LogP) is 1.25. The molecule has 0 fully saturated rings. The number of carbonyl (C=O) groups is 2. The Labute approximate surface area is 116 Å². The highest BCUT2D eigenvalue weighted by atomic mass is 16.6. The Hall–Kier alpha value is -2.24. The predicted molar refractivity (Wildman–Crippen MR) is 71.2 cm³/mol. The SMILES string of the molecule is CC(CN(C)C(=O)c1ccc2c(c1)OCCO2)C(=O)O. The summed E-state index contributed by atoms with van der Waals surface area (Å²) in [7, 11) is 1.58. The Balaban J connectivity index is 2.10. The highest BCUT2D eigenvalue weighted by molar-refractivity contribution is 5.95. The monoisotopic (exact) mass is 279 g/mol. The van der Waals surface area contributed by atoms with Crippen LogP contribution in [0.25, 0.3) is 0 Å². The van der Waals surface area contributed by atoms with Crippen molar-refractivity contribution in [2.24, 2.45) is 5.92 Å². The molecule has 0 spiro atoms. The molecule has 1 amide bonds. The summed E-state index contributed by atoms with van der Waals surface area (Å²) in [4.78, 5) is 24.4. The summed E-state index contributed by atoms with van der Waals surface area (Å²) < 4.78 is 10.8. The van der Waals surface area contributed by atoms with Crippen molar-refractivity contribution >= 4 is 11.9 Å². The summed E-state index contributed by atoms with van der Waals surface area (Å²) in [5.41, 5.74) is 0.453. The van der Waals surface area contributed by atoms with Crippen molar-refractivity contribution in [1.29, 1.82) is 0 Å². The van der Waals surface area contributed by atoms with Gasteiger partial charge in [0.25, 0.3) is 5.91 Å². The number of fused-ring (bicyclic) bond motifs is 1. The third-order valence-electron chi connectivity index (χ3n) is 3.11. The van der Waals surface area contributed by atoms with Crippen molar-refractivity contribution in [3.63, 3.8) is 0 Å². The summed E-state index contributed by atoms with van der Waals surface area (Å²) in [6, 6.07) is 4.97. The standard InChI is InChI=1S/C14H17NO5/c1-9(14(17)18)8-15(2)13(16)10-3-4-11-12(7-10)20-6-5-19-11/h3-4,7,9H,5-6,8H2,1-2H3,(H,17,18). The van der Waals surface area contributed by atoms with E-state index >= 15 is 0 Å². The van der Waals surface area contributed by atoms with Gasteiger partial charge < -0.3 is 19.5 Å². The number of hydrogen-bond donors (Lipinski definition) is 1. The minimum Gasteiger partial charge on any atom is -0.486 e. The van der Waals surface area contributed by atoms with E-state index in [2.05, 4.69) is 0 Å². The summed E-state index contributed by atoms with van der Waals surface area (Å²) in [5, 5.41) is 8.87. The third-order valence-corrected chi connectivity index (χ3v) is 3.11. The van der Waals surface area contributed by atoms with Gasteiger partial charge in [0, 0.05) is 19.2 Å². The largest absolute Gasteiger partial charge is 0.486 e. The molecule has 0 aliphatic carbocycles. The number of carbonyl (C=O) groups excluding carboxylic acids is 1. The van der Waals surface area contributed by atoms with Crippen LogP contribution in [0.15, 0.2) is 18.2 Å². The first-order valence-corrected chi connectivity index (χ1v) is 6.37. The molecule has 6 nitrogen and oxygen atoms in total. The molecule has 2 rings (SSSR count). The number of aliphatic carboxylic acids is 1. The second kappa shape index (κ2) is 5.81. The van der Waals surface area contributed by atoms with Gasteiger partial charge in [-0.2, -0.15) is 0 Å². The molecule has 1 heterocycles. The molecule has 0 aromatic heterocycles. The molecule has 1 aromatic carbocycles. The number of benzene rings is 1. The van der Waals surface area contributed by atoms with Crippen molar-refractivity contribution in [3.8, 4) is 11.5 Å². The maximum atomic E-state index is 12.2. The fourth-order valence-electron chi connectivity index (χ4n) is 1.97. The van der Waals surface area contributed by atoms with Gasteiger partial charge in [-0.25, -0.2) is 0 Å². The van der Waals surface area contributed by atoms with Gasteiger partial charge in [0.2, 0.25) is 0 Å². The molecule has 1 aliphatic rings. The number of nitrogens with zero attached hydrogens (tertiary/aromatic N) is 1. The van der Waals surface area contributed by atoms with Crippen LogP contribution in [-0.2, 0) is 4.79 Å². The van der Waals surface area contributed by atoms with Crippen molar-refractivity contribution in [3.05, 3.63) is 23.8 Å². The molecule has 1 N–H and O–H groups in total. The average molecular weight is 279 g/mol. The first-order valence-electron chi connectivity index (χ1n) is 6.37. The number of carboxylic acid groups (broad SMARTS) is 1. The number of rotatable bonds is 4. The fraction of sp³-hybridized carbons (Fsp3) is 0.429. The molecule has 0 radical (unpaired) electrons. The topological polar surface area (TPSA) is 76.1 Å². The summed E-state index contributed by atoms with van der Waals surface area (Å²) in [5.74, 6) is -0.612. The summed E-state index contributed by atoms with van der Waals surface area (Å²) in [6.07, 6.45) is 0. The minimum atomic E-state index is -0.924. The van der Waals surface area contributed by atoms with E-state index in [-0.39, 0.29) is 12.5 Å². The molecule has 1 aliphatic heterocycles. The van der Waals surface area contributed by atoms with Crippen molar-refractivity contribution in [1.82, 2.24) is 4.90 Å². The van der Waals surface area contributed by atoms with E-state index in [9.17, 15) is 9.59 Å². The maximum absolute atomic E-state index is 12.2. The highest BCUT2D eigenvalue weighted by Gasteiger charge is 2.20. The first kappa shape index (κ1) is 14.2. The van der Waals surface area contributed by atoms with Gasteiger partial charge in [-0.1, -0.05) is 6.92 Å². The molecular weight excluding hydrogens is 262 g/mol. The van der Waals surface area contributed by atoms with Crippen molar-refractivity contribution in [2.75, 3.05) is 26.8 Å². The van der Waals surface area contributed by atoms with Crippen LogP contribution in [-0.4, -0.2) is 48.7 Å². The van der Waals surface area contributed by atoms with Gasteiger partial charge in [-0.15, -0.1) is 0 Å². The fourth-order valence-corrected chi connectivity index (χ4v) is 1.97. The molecule has 6 heteroatoms. The van der Waals surface area contributed by atoms with Crippen LogP contribution < -0.4 is 9.47 Å². The van der Waals surface area contributed by atoms with Crippen molar-refractivity contribution < 1.29 is 24.2 Å². The number of ether oxygens (including phenoxy) is 2. The number of hydrogen-bond acceptors (Lipinski definition) is 4. The summed E-state index contributed by atoms with van der Waals surface area (Å²) >= 11 is 0. The van der Waals surface area contributed by atoms with E-state index in [1.54, 1.807) is 32.2 Å². The average Bonchev–Trinajstić information content (AvgIpc) is 2.45. The van der Waals surface area contributed by atoms with Gasteiger partial charge >= 0.3 is 5.97 Å². The van der Waals surface area contributed by atoms with Gasteiger partial charge in [0.05, 0.1) is 5.92 Å². The Morgan fingerprint density at radius 1 is 1.30 bits per heavy atom. The quantitative estimate of drug-likeness (QED) is 0.897. The van der Waals surface area contributed by atoms with Gasteiger partial charge in [0.15, 0.2) is 11.5 Å². The van der Waals surface area contributed by atoms with Gasteiger partial charge in [-0.3, -0.25) is 9.59 Å². The minimum absolute atomic E-state index is 0.155. The van der Waals surface area contributed by atoms with Crippen LogP contribution in [0.3, 0.4) is 0 Å². The Bertz CT molecular complexity index is 528. The molecule has 0 saturated heterocycles.